The van der Waals surface area contributed by atoms with Crippen LogP contribution in [0.25, 0.3) is 0 Å². The van der Waals surface area contributed by atoms with Gasteiger partial charge in [0.2, 0.25) is 5.91 Å². The van der Waals surface area contributed by atoms with Crippen molar-refractivity contribution in [3.05, 3.63) is 0 Å². The van der Waals surface area contributed by atoms with Gasteiger partial charge in [-0.2, -0.15) is 0 Å². The number of carbonyl (C=O) groups excluding carboxylic acids is 1. The lowest BCUT2D eigenvalue weighted by molar-refractivity contribution is -0.127. The zero-order valence-electron chi connectivity index (χ0n) is 14.2. The Balaban J connectivity index is 0.00000441. The molecule has 1 aliphatic heterocycles. The first kappa shape index (κ1) is 21.4. The van der Waals surface area contributed by atoms with Crippen LogP contribution in [0.1, 0.15) is 32.6 Å². The summed E-state index contributed by atoms with van der Waals surface area (Å²) in [5.41, 5.74) is 0. The van der Waals surface area contributed by atoms with Gasteiger partial charge in [-0.05, 0) is 46.8 Å². The highest BCUT2D eigenvalue weighted by molar-refractivity contribution is 14.0. The van der Waals surface area contributed by atoms with Crippen molar-refractivity contribution < 1.29 is 4.79 Å². The Morgan fingerprint density at radius 2 is 2.09 bits per heavy atom. The zero-order valence-corrected chi connectivity index (χ0v) is 16.6. The minimum atomic E-state index is 0. The summed E-state index contributed by atoms with van der Waals surface area (Å²) in [6.45, 7) is 7.45. The third kappa shape index (κ3) is 9.45. The van der Waals surface area contributed by atoms with Gasteiger partial charge in [-0.3, -0.25) is 9.79 Å². The van der Waals surface area contributed by atoms with Crippen LogP contribution in [0.3, 0.4) is 0 Å². The number of aliphatic imine (C=N–C) groups is 1. The number of likely N-dealkylation sites (tertiary alicyclic amines) is 1. The van der Waals surface area contributed by atoms with Crippen molar-refractivity contribution in [2.75, 3.05) is 53.4 Å². The molecule has 1 heterocycles. The number of rotatable bonds is 9. The summed E-state index contributed by atoms with van der Waals surface area (Å²) in [4.78, 5) is 20.2. The minimum Gasteiger partial charge on any atom is -0.357 e. The molecule has 1 aliphatic rings. The van der Waals surface area contributed by atoms with Crippen LogP contribution < -0.4 is 10.6 Å². The van der Waals surface area contributed by atoms with Gasteiger partial charge in [0.15, 0.2) is 5.96 Å². The molecule has 0 aromatic carbocycles. The topological polar surface area (TPSA) is 60.0 Å². The smallest absolute Gasteiger partial charge is 0.222 e. The van der Waals surface area contributed by atoms with Gasteiger partial charge in [-0.15, -0.1) is 24.0 Å². The highest BCUT2D eigenvalue weighted by Gasteiger charge is 2.18. The number of nitrogens with zero attached hydrogens (tertiary/aromatic N) is 3. The number of carbonyl (C=O) groups is 1. The molecule has 0 aromatic heterocycles. The summed E-state index contributed by atoms with van der Waals surface area (Å²) in [5.74, 6) is 1.18. The summed E-state index contributed by atoms with van der Waals surface area (Å²) < 4.78 is 0. The van der Waals surface area contributed by atoms with E-state index in [4.69, 9.17) is 0 Å². The van der Waals surface area contributed by atoms with Crippen LogP contribution in [0.2, 0.25) is 0 Å². The van der Waals surface area contributed by atoms with E-state index < -0.39 is 0 Å². The van der Waals surface area contributed by atoms with Gasteiger partial charge < -0.3 is 20.4 Å². The Kier molecular flexibility index (Phi) is 12.6. The Hall–Kier alpha value is -0.570. The molecule has 2 N–H and O–H groups in total. The van der Waals surface area contributed by atoms with Gasteiger partial charge in [-0.1, -0.05) is 0 Å². The molecule has 1 saturated heterocycles. The summed E-state index contributed by atoms with van der Waals surface area (Å²) in [6, 6.07) is 0. The number of hydrogen-bond acceptors (Lipinski definition) is 3. The number of amides is 1. The first-order valence-corrected chi connectivity index (χ1v) is 8.08. The monoisotopic (exact) mass is 425 g/mol. The third-order valence-corrected chi connectivity index (χ3v) is 3.45. The van der Waals surface area contributed by atoms with Crippen molar-refractivity contribution in [1.29, 1.82) is 0 Å². The van der Waals surface area contributed by atoms with E-state index in [-0.39, 0.29) is 24.0 Å². The minimum absolute atomic E-state index is 0. The molecule has 1 fully saturated rings. The third-order valence-electron chi connectivity index (χ3n) is 3.45. The molecule has 7 heteroatoms. The lowest BCUT2D eigenvalue weighted by atomic mass is 10.4. The van der Waals surface area contributed by atoms with E-state index in [1.165, 1.54) is 0 Å². The molecular weight excluding hydrogens is 393 g/mol. The Morgan fingerprint density at radius 1 is 1.32 bits per heavy atom. The molecule has 0 saturated carbocycles. The van der Waals surface area contributed by atoms with Crippen LogP contribution in [-0.4, -0.2) is 75.0 Å². The fourth-order valence-corrected chi connectivity index (χ4v) is 2.34. The van der Waals surface area contributed by atoms with Crippen molar-refractivity contribution >= 4 is 35.8 Å². The van der Waals surface area contributed by atoms with Crippen molar-refractivity contribution in [3.63, 3.8) is 0 Å². The molecular formula is C15H32IN5O. The average Bonchev–Trinajstić information content (AvgIpc) is 2.84. The lowest BCUT2D eigenvalue weighted by Crippen LogP contribution is -2.38. The Bertz CT molecular complexity index is 336. The predicted molar refractivity (Wildman–Crippen MR) is 103 cm³/mol. The quantitative estimate of drug-likeness (QED) is 0.252. The first-order chi connectivity index (χ1) is 10.1. The van der Waals surface area contributed by atoms with E-state index in [9.17, 15) is 4.79 Å². The van der Waals surface area contributed by atoms with Crippen LogP contribution in [0.5, 0.6) is 0 Å². The molecule has 0 aliphatic carbocycles. The van der Waals surface area contributed by atoms with Crippen LogP contribution in [0.4, 0.5) is 0 Å². The zero-order chi connectivity index (χ0) is 15.5. The molecule has 0 aromatic rings. The van der Waals surface area contributed by atoms with Gasteiger partial charge in [0.05, 0.1) is 0 Å². The summed E-state index contributed by atoms with van der Waals surface area (Å²) in [6.07, 6.45) is 3.76. The van der Waals surface area contributed by atoms with Gasteiger partial charge in [0, 0.05) is 39.1 Å². The second-order valence-electron chi connectivity index (χ2n) is 5.68. The number of halogens is 1. The Labute approximate surface area is 152 Å². The van der Waals surface area contributed by atoms with Gasteiger partial charge in [0.1, 0.15) is 0 Å². The van der Waals surface area contributed by atoms with Crippen LogP contribution in [-0.2, 0) is 4.79 Å². The normalized spacial score (nSPS) is 15.2. The maximum Gasteiger partial charge on any atom is 0.222 e. The standard InChI is InChI=1S/C15H31N5O.HI/c1-4-16-15(17-9-6-11-19(2)3)18-10-7-13-20-12-5-8-14(20)21;/h4-13H2,1-3H3,(H2,16,17,18);1H. The first-order valence-electron chi connectivity index (χ1n) is 8.08. The molecule has 6 nitrogen and oxygen atoms in total. The molecule has 0 radical (unpaired) electrons. The van der Waals surface area contributed by atoms with E-state index >= 15 is 0 Å². The fraction of sp³-hybridized carbons (Fsp3) is 0.867. The van der Waals surface area contributed by atoms with Gasteiger partial charge >= 0.3 is 0 Å². The van der Waals surface area contributed by atoms with E-state index in [1.54, 1.807) is 0 Å². The molecule has 1 rings (SSSR count). The largest absolute Gasteiger partial charge is 0.357 e. The molecule has 130 valence electrons. The van der Waals surface area contributed by atoms with E-state index in [1.807, 2.05) is 4.90 Å². The van der Waals surface area contributed by atoms with Crippen LogP contribution >= 0.6 is 24.0 Å². The number of hydrogen-bond donors (Lipinski definition) is 2. The summed E-state index contributed by atoms with van der Waals surface area (Å²) >= 11 is 0. The maximum absolute atomic E-state index is 11.5. The highest BCUT2D eigenvalue weighted by Crippen LogP contribution is 2.09. The molecule has 0 atom stereocenters. The van der Waals surface area contributed by atoms with Crippen molar-refractivity contribution in [1.82, 2.24) is 20.4 Å². The number of guanidine groups is 1. The van der Waals surface area contributed by atoms with E-state index in [0.717, 1.165) is 70.9 Å². The predicted octanol–water partition coefficient (Wildman–Crippen LogP) is 1.12. The van der Waals surface area contributed by atoms with Crippen LogP contribution in [0, 0.1) is 0 Å². The van der Waals surface area contributed by atoms with Crippen molar-refractivity contribution in [2.24, 2.45) is 4.99 Å². The van der Waals surface area contributed by atoms with E-state index in [2.05, 4.69) is 41.5 Å². The molecule has 0 spiro atoms. The average molecular weight is 425 g/mol. The van der Waals surface area contributed by atoms with Gasteiger partial charge in [-0.25, -0.2) is 0 Å². The highest BCUT2D eigenvalue weighted by atomic mass is 127. The lowest BCUT2D eigenvalue weighted by Gasteiger charge is -2.15. The molecule has 0 unspecified atom stereocenters. The summed E-state index contributed by atoms with van der Waals surface area (Å²) in [5, 5.41) is 6.60. The Morgan fingerprint density at radius 3 is 2.68 bits per heavy atom. The second kappa shape index (κ2) is 12.9. The van der Waals surface area contributed by atoms with Gasteiger partial charge in [0.25, 0.3) is 0 Å². The summed E-state index contributed by atoms with van der Waals surface area (Å²) in [7, 11) is 4.16. The molecule has 22 heavy (non-hydrogen) atoms. The van der Waals surface area contributed by atoms with Crippen LogP contribution in [0.15, 0.2) is 4.99 Å². The van der Waals surface area contributed by atoms with E-state index in [0.29, 0.717) is 5.91 Å². The molecule has 0 bridgehead atoms. The SMILES string of the molecule is CCNC(=NCCCN1CCCC1=O)NCCCN(C)C.I. The fourth-order valence-electron chi connectivity index (χ4n) is 2.34. The number of nitrogens with one attached hydrogen (secondary N) is 2. The van der Waals surface area contributed by atoms with Crippen molar-refractivity contribution in [2.45, 2.75) is 32.6 Å². The second-order valence-corrected chi connectivity index (χ2v) is 5.68. The van der Waals surface area contributed by atoms with Crippen molar-refractivity contribution in [3.8, 4) is 0 Å². The molecule has 1 amide bonds. The maximum atomic E-state index is 11.5.